The van der Waals surface area contributed by atoms with Gasteiger partial charge in [0.25, 0.3) is 11.8 Å². The lowest BCUT2D eigenvalue weighted by Crippen LogP contribution is -2.43. The van der Waals surface area contributed by atoms with Crippen molar-refractivity contribution in [2.24, 2.45) is 0 Å². The highest BCUT2D eigenvalue weighted by Crippen LogP contribution is 2.25. The van der Waals surface area contributed by atoms with Gasteiger partial charge in [0, 0.05) is 17.7 Å². The van der Waals surface area contributed by atoms with Crippen LogP contribution in [-0.4, -0.2) is 35.8 Å². The molecule has 1 atom stereocenters. The summed E-state index contributed by atoms with van der Waals surface area (Å²) >= 11 is 0. The molecule has 0 bridgehead atoms. The second kappa shape index (κ2) is 5.45. The van der Waals surface area contributed by atoms with Gasteiger partial charge in [-0.25, -0.2) is 0 Å². The van der Waals surface area contributed by atoms with Crippen molar-refractivity contribution in [3.8, 4) is 0 Å². The van der Waals surface area contributed by atoms with Gasteiger partial charge in [-0.1, -0.05) is 19.8 Å². The van der Waals surface area contributed by atoms with Crippen molar-refractivity contribution in [2.45, 2.75) is 45.1 Å². The summed E-state index contributed by atoms with van der Waals surface area (Å²) in [5.41, 5.74) is 0.672. The van der Waals surface area contributed by atoms with Crippen molar-refractivity contribution >= 4 is 11.8 Å². The number of hydrogen-bond donors (Lipinski definition) is 1. The summed E-state index contributed by atoms with van der Waals surface area (Å²) in [6.45, 7) is 4.24. The molecule has 1 N–H and O–H groups in total. The Balaban J connectivity index is 2.08. The maximum atomic E-state index is 11.7. The van der Waals surface area contributed by atoms with E-state index < -0.39 is 0 Å². The van der Waals surface area contributed by atoms with E-state index in [0.717, 1.165) is 38.8 Å². The van der Waals surface area contributed by atoms with Crippen molar-refractivity contribution in [1.29, 1.82) is 0 Å². The van der Waals surface area contributed by atoms with Gasteiger partial charge in [-0.2, -0.15) is 0 Å². The van der Waals surface area contributed by atoms with Gasteiger partial charge in [-0.3, -0.25) is 19.8 Å². The molecule has 0 aromatic rings. The zero-order valence-corrected chi connectivity index (χ0v) is 10.4. The molecule has 2 aliphatic heterocycles. The third-order valence-corrected chi connectivity index (χ3v) is 3.56. The lowest BCUT2D eigenvalue weighted by Gasteiger charge is -2.35. The van der Waals surface area contributed by atoms with Gasteiger partial charge in [-0.05, 0) is 32.4 Å². The van der Waals surface area contributed by atoms with Gasteiger partial charge in [0.05, 0.1) is 0 Å². The minimum atomic E-state index is -0.258. The Hall–Kier alpha value is -1.16. The molecule has 4 nitrogen and oxygen atoms in total. The Labute approximate surface area is 102 Å². The van der Waals surface area contributed by atoms with Gasteiger partial charge < -0.3 is 0 Å². The Kier molecular flexibility index (Phi) is 3.94. The summed E-state index contributed by atoms with van der Waals surface area (Å²) in [4.78, 5) is 25.2. The number of likely N-dealkylation sites (tertiary alicyclic amines) is 1. The molecule has 4 heteroatoms. The fraction of sp³-hybridized carbons (Fsp3) is 0.692. The number of nitrogens with zero attached hydrogens (tertiary/aromatic N) is 1. The van der Waals surface area contributed by atoms with Crippen LogP contribution in [0.3, 0.4) is 0 Å². The molecule has 2 heterocycles. The number of amides is 2. The fourth-order valence-corrected chi connectivity index (χ4v) is 2.65. The first-order valence-corrected chi connectivity index (χ1v) is 6.53. The molecule has 1 fully saturated rings. The van der Waals surface area contributed by atoms with E-state index in [1.807, 2.05) is 0 Å². The quantitative estimate of drug-likeness (QED) is 0.747. The number of unbranched alkanes of at least 4 members (excludes halogenated alkanes) is 1. The van der Waals surface area contributed by atoms with Gasteiger partial charge in [0.15, 0.2) is 0 Å². The smallest absolute Gasteiger partial charge is 0.255 e. The summed E-state index contributed by atoms with van der Waals surface area (Å²) in [7, 11) is 0. The maximum Gasteiger partial charge on any atom is 0.255 e. The van der Waals surface area contributed by atoms with E-state index in [1.165, 1.54) is 12.5 Å². The maximum absolute atomic E-state index is 11.7. The minimum Gasteiger partial charge on any atom is -0.296 e. The Morgan fingerprint density at radius 2 is 2.24 bits per heavy atom. The van der Waals surface area contributed by atoms with Crippen LogP contribution in [0.1, 0.15) is 39.0 Å². The number of imide groups is 1. The summed E-state index contributed by atoms with van der Waals surface area (Å²) in [6.07, 6.45) is 7.13. The van der Waals surface area contributed by atoms with E-state index in [1.54, 1.807) is 0 Å². The van der Waals surface area contributed by atoms with E-state index in [9.17, 15) is 9.59 Å². The number of carbonyl (C=O) groups is 2. The van der Waals surface area contributed by atoms with Gasteiger partial charge >= 0.3 is 0 Å². The zero-order valence-electron chi connectivity index (χ0n) is 10.4. The number of rotatable bonds is 4. The monoisotopic (exact) mass is 236 g/mol. The lowest BCUT2D eigenvalue weighted by atomic mass is 9.95. The number of hydrogen-bond acceptors (Lipinski definition) is 3. The molecule has 2 amide bonds. The van der Waals surface area contributed by atoms with Crippen molar-refractivity contribution in [2.75, 3.05) is 13.1 Å². The molecule has 0 aliphatic carbocycles. The first-order chi connectivity index (χ1) is 8.22. The average molecular weight is 236 g/mol. The summed E-state index contributed by atoms with van der Waals surface area (Å²) < 4.78 is 0. The Morgan fingerprint density at radius 1 is 1.41 bits per heavy atom. The molecular formula is C13H20N2O2. The third-order valence-electron chi connectivity index (χ3n) is 3.56. The molecule has 2 rings (SSSR count). The molecule has 17 heavy (non-hydrogen) atoms. The van der Waals surface area contributed by atoms with E-state index in [-0.39, 0.29) is 17.9 Å². The first kappa shape index (κ1) is 12.3. The van der Waals surface area contributed by atoms with Crippen molar-refractivity contribution in [3.05, 3.63) is 11.6 Å². The van der Waals surface area contributed by atoms with Crippen molar-refractivity contribution in [1.82, 2.24) is 10.2 Å². The molecule has 2 aliphatic rings. The second-order valence-electron chi connectivity index (χ2n) is 4.82. The van der Waals surface area contributed by atoms with Crippen LogP contribution in [0.5, 0.6) is 0 Å². The largest absolute Gasteiger partial charge is 0.296 e. The van der Waals surface area contributed by atoms with Crippen LogP contribution >= 0.6 is 0 Å². The van der Waals surface area contributed by atoms with Crippen LogP contribution in [0.25, 0.3) is 0 Å². The van der Waals surface area contributed by atoms with Crippen LogP contribution in [0.15, 0.2) is 11.6 Å². The zero-order chi connectivity index (χ0) is 12.3. The molecule has 1 unspecified atom stereocenters. The normalized spacial score (nSPS) is 25.9. The number of carbonyl (C=O) groups excluding carboxylic acids is 2. The molecule has 0 radical (unpaired) electrons. The molecule has 0 aromatic heterocycles. The number of piperidine rings is 1. The van der Waals surface area contributed by atoms with E-state index in [0.29, 0.717) is 5.57 Å². The van der Waals surface area contributed by atoms with Crippen LogP contribution in [0, 0.1) is 0 Å². The van der Waals surface area contributed by atoms with Crippen LogP contribution in [0.4, 0.5) is 0 Å². The second-order valence-corrected chi connectivity index (χ2v) is 4.82. The predicted molar refractivity (Wildman–Crippen MR) is 65.4 cm³/mol. The summed E-state index contributed by atoms with van der Waals surface area (Å²) in [6, 6.07) is 0.154. The fourth-order valence-electron chi connectivity index (χ4n) is 2.65. The topological polar surface area (TPSA) is 49.4 Å². The average Bonchev–Trinajstić information content (AvgIpc) is 2.66. The summed E-state index contributed by atoms with van der Waals surface area (Å²) in [5, 5.41) is 2.34. The van der Waals surface area contributed by atoms with Crippen LogP contribution in [0.2, 0.25) is 0 Å². The Morgan fingerprint density at radius 3 is 2.88 bits per heavy atom. The molecule has 0 saturated carbocycles. The van der Waals surface area contributed by atoms with Gasteiger partial charge in [0.1, 0.15) is 0 Å². The van der Waals surface area contributed by atoms with Gasteiger partial charge in [-0.15, -0.1) is 0 Å². The molecule has 0 spiro atoms. The Bertz CT molecular complexity index is 349. The summed E-state index contributed by atoms with van der Waals surface area (Å²) in [5.74, 6) is -0.450. The molecule has 1 saturated heterocycles. The van der Waals surface area contributed by atoms with E-state index >= 15 is 0 Å². The van der Waals surface area contributed by atoms with E-state index in [4.69, 9.17) is 0 Å². The molecular weight excluding hydrogens is 216 g/mol. The third kappa shape index (κ3) is 2.75. The first-order valence-electron chi connectivity index (χ1n) is 6.53. The SMILES string of the molecule is CCCCN1CCCCC1C1=CC(=O)NC1=O. The highest BCUT2D eigenvalue weighted by atomic mass is 16.2. The standard InChI is InChI=1S/C13H20N2O2/c1-2-3-7-15-8-5-4-6-11(15)10-9-12(16)14-13(10)17/h9,11H,2-8H2,1H3,(H,14,16,17). The highest BCUT2D eigenvalue weighted by molar-refractivity contribution is 6.16. The van der Waals surface area contributed by atoms with Crippen LogP contribution < -0.4 is 5.32 Å². The predicted octanol–water partition coefficient (Wildman–Crippen LogP) is 1.22. The van der Waals surface area contributed by atoms with Crippen LogP contribution in [-0.2, 0) is 9.59 Å². The van der Waals surface area contributed by atoms with Crippen molar-refractivity contribution < 1.29 is 9.59 Å². The van der Waals surface area contributed by atoms with Crippen molar-refractivity contribution in [3.63, 3.8) is 0 Å². The van der Waals surface area contributed by atoms with E-state index in [2.05, 4.69) is 17.1 Å². The highest BCUT2D eigenvalue weighted by Gasteiger charge is 2.33. The molecule has 94 valence electrons. The lowest BCUT2D eigenvalue weighted by molar-refractivity contribution is -0.124. The number of nitrogens with one attached hydrogen (secondary N) is 1. The minimum absolute atomic E-state index is 0.154. The van der Waals surface area contributed by atoms with Gasteiger partial charge in [0.2, 0.25) is 0 Å². The molecule has 0 aromatic carbocycles.